The smallest absolute Gasteiger partial charge is 0.0641 e. The van der Waals surface area contributed by atoms with Gasteiger partial charge in [-0.15, -0.1) is 0 Å². The number of rotatable bonds is 6. The van der Waals surface area contributed by atoms with E-state index in [-0.39, 0.29) is 0 Å². The zero-order chi connectivity index (χ0) is 11.3. The highest BCUT2D eigenvalue weighted by Crippen LogP contribution is 2.10. The van der Waals surface area contributed by atoms with Gasteiger partial charge in [0.2, 0.25) is 0 Å². The number of likely N-dealkylation sites (N-methyl/N-ethyl adjacent to an activating group) is 1. The van der Waals surface area contributed by atoms with Gasteiger partial charge in [0.15, 0.2) is 0 Å². The second kappa shape index (κ2) is 5.88. The minimum atomic E-state index is 0.914. The second-order valence-corrected chi connectivity index (χ2v) is 3.80. The molecule has 1 rings (SSSR count). The van der Waals surface area contributed by atoms with Crippen LogP contribution in [0.3, 0.4) is 0 Å². The molecule has 0 aromatic carbocycles. The summed E-state index contributed by atoms with van der Waals surface area (Å²) in [7, 11) is 1.99. The molecule has 0 aliphatic heterocycles. The fourth-order valence-corrected chi connectivity index (χ4v) is 1.64. The van der Waals surface area contributed by atoms with Gasteiger partial charge in [0, 0.05) is 37.9 Å². The zero-order valence-electron chi connectivity index (χ0n) is 10.2. The van der Waals surface area contributed by atoms with Crippen molar-refractivity contribution in [3.8, 4) is 0 Å². The number of hydrogen-bond donors (Lipinski definition) is 2. The molecule has 0 saturated carbocycles. The SMILES string of the molecule is CCNCCNCc1c(C)nn(C)c1C. The minimum absolute atomic E-state index is 0.914. The number of nitrogens with zero attached hydrogens (tertiary/aromatic N) is 2. The molecule has 0 aliphatic rings. The van der Waals surface area contributed by atoms with Crippen molar-refractivity contribution in [2.24, 2.45) is 7.05 Å². The molecule has 4 heteroatoms. The Hall–Kier alpha value is -0.870. The predicted molar refractivity (Wildman–Crippen MR) is 62.9 cm³/mol. The maximum atomic E-state index is 4.39. The van der Waals surface area contributed by atoms with E-state index in [1.807, 2.05) is 11.7 Å². The molecule has 1 aromatic rings. The lowest BCUT2D eigenvalue weighted by Gasteiger charge is -2.05. The van der Waals surface area contributed by atoms with Gasteiger partial charge in [-0.3, -0.25) is 4.68 Å². The molecule has 2 N–H and O–H groups in total. The van der Waals surface area contributed by atoms with Crippen LogP contribution in [0.25, 0.3) is 0 Å². The summed E-state index contributed by atoms with van der Waals surface area (Å²) in [5, 5.41) is 11.1. The summed E-state index contributed by atoms with van der Waals surface area (Å²) >= 11 is 0. The van der Waals surface area contributed by atoms with Crippen LogP contribution >= 0.6 is 0 Å². The number of aromatic nitrogens is 2. The molecule has 0 fully saturated rings. The third-order valence-electron chi connectivity index (χ3n) is 2.69. The molecule has 0 bridgehead atoms. The van der Waals surface area contributed by atoms with E-state index >= 15 is 0 Å². The van der Waals surface area contributed by atoms with Crippen molar-refractivity contribution < 1.29 is 0 Å². The second-order valence-electron chi connectivity index (χ2n) is 3.80. The summed E-state index contributed by atoms with van der Waals surface area (Å²) in [5.74, 6) is 0. The number of aryl methyl sites for hydroxylation is 2. The van der Waals surface area contributed by atoms with Crippen LogP contribution in [0.1, 0.15) is 23.9 Å². The molecular formula is C11H22N4. The third-order valence-corrected chi connectivity index (χ3v) is 2.69. The highest BCUT2D eigenvalue weighted by Gasteiger charge is 2.07. The molecule has 86 valence electrons. The van der Waals surface area contributed by atoms with E-state index in [1.54, 1.807) is 0 Å². The molecule has 0 radical (unpaired) electrons. The van der Waals surface area contributed by atoms with Crippen molar-refractivity contribution in [2.45, 2.75) is 27.3 Å². The van der Waals surface area contributed by atoms with Crippen molar-refractivity contribution in [3.63, 3.8) is 0 Å². The van der Waals surface area contributed by atoms with Gasteiger partial charge >= 0.3 is 0 Å². The van der Waals surface area contributed by atoms with Gasteiger partial charge in [0.05, 0.1) is 5.69 Å². The first-order valence-electron chi connectivity index (χ1n) is 5.57. The van der Waals surface area contributed by atoms with Crippen LogP contribution in [0.5, 0.6) is 0 Å². The molecular weight excluding hydrogens is 188 g/mol. The molecule has 0 saturated heterocycles. The van der Waals surface area contributed by atoms with E-state index in [4.69, 9.17) is 0 Å². The summed E-state index contributed by atoms with van der Waals surface area (Å²) in [5.41, 5.74) is 3.71. The van der Waals surface area contributed by atoms with Crippen molar-refractivity contribution in [2.75, 3.05) is 19.6 Å². The molecule has 0 spiro atoms. The van der Waals surface area contributed by atoms with Crippen LogP contribution in [0.4, 0.5) is 0 Å². The van der Waals surface area contributed by atoms with Gasteiger partial charge in [-0.25, -0.2) is 0 Å². The molecule has 0 unspecified atom stereocenters. The van der Waals surface area contributed by atoms with Crippen LogP contribution in [-0.2, 0) is 13.6 Å². The Kier molecular flexibility index (Phi) is 4.78. The average molecular weight is 210 g/mol. The van der Waals surface area contributed by atoms with Crippen molar-refractivity contribution in [1.29, 1.82) is 0 Å². The molecule has 15 heavy (non-hydrogen) atoms. The minimum Gasteiger partial charge on any atom is -0.316 e. The maximum Gasteiger partial charge on any atom is 0.0641 e. The predicted octanol–water partition coefficient (Wildman–Crippen LogP) is 0.736. The van der Waals surface area contributed by atoms with Crippen LogP contribution < -0.4 is 10.6 Å². The molecule has 1 aromatic heterocycles. The maximum absolute atomic E-state index is 4.39. The largest absolute Gasteiger partial charge is 0.316 e. The van der Waals surface area contributed by atoms with Crippen molar-refractivity contribution in [3.05, 3.63) is 17.0 Å². The first-order valence-corrected chi connectivity index (χ1v) is 5.57. The Labute approximate surface area is 92.1 Å². The van der Waals surface area contributed by atoms with E-state index in [2.05, 4.69) is 36.5 Å². The van der Waals surface area contributed by atoms with Gasteiger partial charge in [-0.2, -0.15) is 5.10 Å². The van der Waals surface area contributed by atoms with E-state index in [0.29, 0.717) is 0 Å². The molecule has 0 aliphatic carbocycles. The van der Waals surface area contributed by atoms with Gasteiger partial charge < -0.3 is 10.6 Å². The van der Waals surface area contributed by atoms with Crippen LogP contribution in [0, 0.1) is 13.8 Å². The summed E-state index contributed by atoms with van der Waals surface area (Å²) in [6.07, 6.45) is 0. The van der Waals surface area contributed by atoms with Crippen molar-refractivity contribution >= 4 is 0 Å². The highest BCUT2D eigenvalue weighted by atomic mass is 15.3. The number of nitrogens with one attached hydrogen (secondary N) is 2. The summed E-state index contributed by atoms with van der Waals surface area (Å²) in [6, 6.07) is 0. The molecule has 1 heterocycles. The zero-order valence-corrected chi connectivity index (χ0v) is 10.2. The summed E-state index contributed by atoms with van der Waals surface area (Å²) < 4.78 is 1.94. The summed E-state index contributed by atoms with van der Waals surface area (Å²) in [4.78, 5) is 0. The lowest BCUT2D eigenvalue weighted by molar-refractivity contribution is 0.622. The standard InChI is InChI=1S/C11H22N4/c1-5-12-6-7-13-8-11-9(2)14-15(4)10(11)3/h12-13H,5-8H2,1-4H3. The Morgan fingerprint density at radius 1 is 1.20 bits per heavy atom. The molecule has 0 amide bonds. The van der Waals surface area contributed by atoms with Crippen LogP contribution in [0.2, 0.25) is 0 Å². The van der Waals surface area contributed by atoms with E-state index in [9.17, 15) is 0 Å². The highest BCUT2D eigenvalue weighted by molar-refractivity contribution is 5.23. The Morgan fingerprint density at radius 3 is 2.40 bits per heavy atom. The quantitative estimate of drug-likeness (QED) is 0.680. The summed E-state index contributed by atoms with van der Waals surface area (Å²) in [6.45, 7) is 10.3. The molecule has 4 nitrogen and oxygen atoms in total. The first kappa shape index (κ1) is 12.2. The Morgan fingerprint density at radius 2 is 1.87 bits per heavy atom. The normalized spacial score (nSPS) is 10.9. The van der Waals surface area contributed by atoms with Crippen molar-refractivity contribution in [1.82, 2.24) is 20.4 Å². The van der Waals surface area contributed by atoms with E-state index in [1.165, 1.54) is 11.3 Å². The van der Waals surface area contributed by atoms with Gasteiger partial charge in [-0.1, -0.05) is 6.92 Å². The fraction of sp³-hybridized carbons (Fsp3) is 0.727. The monoisotopic (exact) mass is 210 g/mol. The topological polar surface area (TPSA) is 41.9 Å². The van der Waals surface area contributed by atoms with Crippen LogP contribution in [-0.4, -0.2) is 29.4 Å². The van der Waals surface area contributed by atoms with E-state index < -0.39 is 0 Å². The van der Waals surface area contributed by atoms with Gasteiger partial charge in [0.1, 0.15) is 0 Å². The fourth-order valence-electron chi connectivity index (χ4n) is 1.64. The third kappa shape index (κ3) is 3.32. The average Bonchev–Trinajstić information content (AvgIpc) is 2.44. The Balaban J connectivity index is 2.37. The van der Waals surface area contributed by atoms with Crippen LogP contribution in [0.15, 0.2) is 0 Å². The lowest BCUT2D eigenvalue weighted by atomic mass is 10.2. The molecule has 0 atom stereocenters. The van der Waals surface area contributed by atoms with Gasteiger partial charge in [0.25, 0.3) is 0 Å². The van der Waals surface area contributed by atoms with Gasteiger partial charge in [-0.05, 0) is 20.4 Å². The lowest BCUT2D eigenvalue weighted by Crippen LogP contribution is -2.27. The van der Waals surface area contributed by atoms with E-state index in [0.717, 1.165) is 31.9 Å². The first-order chi connectivity index (χ1) is 7.16. The number of hydrogen-bond acceptors (Lipinski definition) is 3. The Bertz CT molecular complexity index is 304.